The summed E-state index contributed by atoms with van der Waals surface area (Å²) in [6.07, 6.45) is 0. The van der Waals surface area contributed by atoms with Crippen molar-refractivity contribution in [1.82, 2.24) is 0 Å². The molecule has 0 spiro atoms. The lowest BCUT2D eigenvalue weighted by Crippen LogP contribution is -2.28. The van der Waals surface area contributed by atoms with Crippen LogP contribution in [0.5, 0.6) is 11.5 Å². The number of carbonyl (C=O) groups excluding carboxylic acids is 2. The Labute approximate surface area is 172 Å². The van der Waals surface area contributed by atoms with E-state index in [-0.39, 0.29) is 11.8 Å². The summed E-state index contributed by atoms with van der Waals surface area (Å²) in [6, 6.07) is 24.2. The van der Waals surface area contributed by atoms with E-state index in [9.17, 15) is 9.59 Å². The summed E-state index contributed by atoms with van der Waals surface area (Å²) in [6.45, 7) is 0.949. The van der Waals surface area contributed by atoms with Crippen molar-refractivity contribution in [1.29, 1.82) is 0 Å². The quantitative estimate of drug-likeness (QED) is 0.401. The summed E-state index contributed by atoms with van der Waals surface area (Å²) in [5.41, 5.74) is 6.57. The molecule has 0 aromatic heterocycles. The van der Waals surface area contributed by atoms with Crippen molar-refractivity contribution in [2.45, 2.75) is 11.8 Å². The van der Waals surface area contributed by atoms with Crippen LogP contribution in [0.3, 0.4) is 0 Å². The molecule has 30 heavy (non-hydrogen) atoms. The van der Waals surface area contributed by atoms with Gasteiger partial charge in [-0.25, -0.2) is 0 Å². The molecule has 0 fully saturated rings. The van der Waals surface area contributed by atoms with Crippen molar-refractivity contribution in [3.63, 3.8) is 0 Å². The SMILES string of the molecule is O=COc1c2c(c(OC=O)c3ccccc13)C1c3ccccc3C2c2ccccc21. The van der Waals surface area contributed by atoms with Gasteiger partial charge in [0.05, 0.1) is 0 Å². The molecule has 7 rings (SSSR count). The van der Waals surface area contributed by atoms with Gasteiger partial charge in [0.15, 0.2) is 0 Å². The largest absolute Gasteiger partial charge is 0.428 e. The van der Waals surface area contributed by atoms with E-state index >= 15 is 0 Å². The number of ether oxygens (including phenoxy) is 2. The maximum Gasteiger partial charge on any atom is 0.298 e. The third-order valence-corrected chi connectivity index (χ3v) is 6.34. The second kappa shape index (κ2) is 6.29. The van der Waals surface area contributed by atoms with Crippen molar-refractivity contribution in [3.8, 4) is 11.5 Å². The van der Waals surface area contributed by atoms with Crippen LogP contribution in [0.1, 0.15) is 45.2 Å². The number of hydrogen-bond donors (Lipinski definition) is 0. The molecular formula is C26H16O4. The molecule has 0 amide bonds. The maximum absolute atomic E-state index is 11.5. The topological polar surface area (TPSA) is 52.6 Å². The first-order valence-electron chi connectivity index (χ1n) is 9.82. The minimum Gasteiger partial charge on any atom is -0.428 e. The van der Waals surface area contributed by atoms with E-state index in [1.54, 1.807) is 0 Å². The van der Waals surface area contributed by atoms with E-state index in [4.69, 9.17) is 9.47 Å². The molecule has 3 aliphatic rings. The number of fused-ring (bicyclic) bond motifs is 1. The Morgan fingerprint density at radius 1 is 0.533 bits per heavy atom. The molecule has 0 radical (unpaired) electrons. The van der Waals surface area contributed by atoms with Crippen molar-refractivity contribution < 1.29 is 19.1 Å². The maximum atomic E-state index is 11.5. The molecule has 4 aromatic rings. The summed E-state index contributed by atoms with van der Waals surface area (Å²) in [5, 5.41) is 1.51. The summed E-state index contributed by atoms with van der Waals surface area (Å²) >= 11 is 0. The van der Waals surface area contributed by atoms with Crippen LogP contribution in [0.4, 0.5) is 0 Å². The molecule has 0 N–H and O–H groups in total. The highest BCUT2D eigenvalue weighted by atomic mass is 16.5. The molecule has 2 bridgehead atoms. The van der Waals surface area contributed by atoms with Crippen LogP contribution < -0.4 is 9.47 Å². The monoisotopic (exact) mass is 392 g/mol. The van der Waals surface area contributed by atoms with E-state index in [1.807, 2.05) is 48.5 Å². The van der Waals surface area contributed by atoms with E-state index in [1.165, 1.54) is 22.3 Å². The van der Waals surface area contributed by atoms with Gasteiger partial charge < -0.3 is 9.47 Å². The Balaban J connectivity index is 1.83. The highest BCUT2D eigenvalue weighted by Gasteiger charge is 2.45. The third-order valence-electron chi connectivity index (χ3n) is 6.34. The molecule has 0 aliphatic heterocycles. The highest BCUT2D eigenvalue weighted by Crippen LogP contribution is 2.61. The van der Waals surface area contributed by atoms with Crippen molar-refractivity contribution in [2.75, 3.05) is 0 Å². The van der Waals surface area contributed by atoms with Crippen LogP contribution in [-0.4, -0.2) is 12.9 Å². The van der Waals surface area contributed by atoms with E-state index in [0.29, 0.717) is 24.4 Å². The predicted octanol–water partition coefficient (Wildman–Crippen LogP) is 4.90. The molecule has 0 saturated carbocycles. The first-order chi connectivity index (χ1) is 14.8. The van der Waals surface area contributed by atoms with E-state index in [0.717, 1.165) is 21.9 Å². The van der Waals surface area contributed by atoms with Crippen LogP contribution >= 0.6 is 0 Å². The van der Waals surface area contributed by atoms with Gasteiger partial charge >= 0.3 is 0 Å². The molecule has 4 nitrogen and oxygen atoms in total. The fourth-order valence-electron chi connectivity index (χ4n) is 5.37. The van der Waals surface area contributed by atoms with Crippen molar-refractivity contribution >= 4 is 23.7 Å². The van der Waals surface area contributed by atoms with Gasteiger partial charge in [-0.2, -0.15) is 0 Å². The summed E-state index contributed by atoms with van der Waals surface area (Å²) < 4.78 is 11.2. The minimum absolute atomic E-state index is 0.106. The van der Waals surface area contributed by atoms with Crippen LogP contribution in [0, 0.1) is 0 Å². The second-order valence-corrected chi connectivity index (χ2v) is 7.58. The normalized spacial score (nSPS) is 17.6. The zero-order valence-electron chi connectivity index (χ0n) is 15.9. The number of rotatable bonds is 4. The lowest BCUT2D eigenvalue weighted by atomic mass is 9.60. The van der Waals surface area contributed by atoms with E-state index < -0.39 is 0 Å². The smallest absolute Gasteiger partial charge is 0.298 e. The molecule has 4 aromatic carbocycles. The molecule has 3 aliphatic carbocycles. The Kier molecular flexibility index (Phi) is 3.56. The molecule has 4 heteroatoms. The third kappa shape index (κ3) is 2.05. The van der Waals surface area contributed by atoms with Gasteiger partial charge in [-0.15, -0.1) is 0 Å². The highest BCUT2D eigenvalue weighted by molar-refractivity contribution is 5.99. The van der Waals surface area contributed by atoms with Crippen LogP contribution in [-0.2, 0) is 9.59 Å². The molecule has 144 valence electrons. The average Bonchev–Trinajstić information content (AvgIpc) is 2.80. The van der Waals surface area contributed by atoms with Gasteiger partial charge in [0.25, 0.3) is 12.9 Å². The Morgan fingerprint density at radius 2 is 0.867 bits per heavy atom. The lowest BCUT2D eigenvalue weighted by Gasteiger charge is -2.43. The standard InChI is InChI=1S/C26H16O4/c27-13-29-25-19-11-5-6-12-20(19)26(30-14-28)24-22-16-8-2-1-7-15(16)21(23(24)25)17-9-3-4-10-18(17)22/h1-14,21-22H. The van der Waals surface area contributed by atoms with Crippen LogP contribution in [0.2, 0.25) is 0 Å². The molecule has 0 heterocycles. The Bertz CT molecular complexity index is 1200. The lowest BCUT2D eigenvalue weighted by molar-refractivity contribution is -0.121. The first kappa shape index (κ1) is 17.0. The molecule has 0 saturated heterocycles. The molecular weight excluding hydrogens is 376 g/mol. The van der Waals surface area contributed by atoms with Crippen LogP contribution in [0.25, 0.3) is 10.8 Å². The van der Waals surface area contributed by atoms with Crippen LogP contribution in [0.15, 0.2) is 72.8 Å². The summed E-state index contributed by atoms with van der Waals surface area (Å²) in [4.78, 5) is 23.0. The first-order valence-corrected chi connectivity index (χ1v) is 9.82. The van der Waals surface area contributed by atoms with Gasteiger partial charge in [0.2, 0.25) is 0 Å². The van der Waals surface area contributed by atoms with E-state index in [2.05, 4.69) is 24.3 Å². The summed E-state index contributed by atoms with van der Waals surface area (Å²) in [5.74, 6) is 0.859. The number of benzene rings is 4. The van der Waals surface area contributed by atoms with Gasteiger partial charge in [-0.3, -0.25) is 9.59 Å². The fourth-order valence-corrected chi connectivity index (χ4v) is 5.37. The molecule has 0 unspecified atom stereocenters. The van der Waals surface area contributed by atoms with Gasteiger partial charge in [-0.1, -0.05) is 72.8 Å². The summed E-state index contributed by atoms with van der Waals surface area (Å²) in [7, 11) is 0. The Morgan fingerprint density at radius 3 is 1.20 bits per heavy atom. The zero-order chi connectivity index (χ0) is 20.2. The number of hydrogen-bond acceptors (Lipinski definition) is 4. The molecule has 0 atom stereocenters. The van der Waals surface area contributed by atoms with Gasteiger partial charge in [0, 0.05) is 33.7 Å². The van der Waals surface area contributed by atoms with Crippen molar-refractivity contribution in [2.24, 2.45) is 0 Å². The van der Waals surface area contributed by atoms with Crippen molar-refractivity contribution in [3.05, 3.63) is 106 Å². The Hall–Kier alpha value is -3.92. The average molecular weight is 392 g/mol. The van der Waals surface area contributed by atoms with Gasteiger partial charge in [-0.05, 0) is 22.3 Å². The number of carbonyl (C=O) groups is 2. The predicted molar refractivity (Wildman–Crippen MR) is 112 cm³/mol. The zero-order valence-corrected chi connectivity index (χ0v) is 15.9. The fraction of sp³-hybridized carbons (Fsp3) is 0.0769. The second-order valence-electron chi connectivity index (χ2n) is 7.58. The minimum atomic E-state index is -0.106. The van der Waals surface area contributed by atoms with Gasteiger partial charge in [0.1, 0.15) is 11.5 Å².